The molecule has 2 aliphatic rings. The number of nitrogens with one attached hydrogen (secondary N) is 1. The summed E-state index contributed by atoms with van der Waals surface area (Å²) in [5, 5.41) is 0. The van der Waals surface area contributed by atoms with Crippen molar-refractivity contribution in [2.75, 3.05) is 27.2 Å². The predicted octanol–water partition coefficient (Wildman–Crippen LogP) is -1.86. The lowest BCUT2D eigenvalue weighted by molar-refractivity contribution is -0.858. The van der Waals surface area contributed by atoms with Crippen LogP contribution in [0.15, 0.2) is 11.6 Å². The smallest absolute Gasteiger partial charge is 0.330 e. The van der Waals surface area contributed by atoms with Crippen molar-refractivity contribution < 1.29 is 36.4 Å². The summed E-state index contributed by atoms with van der Waals surface area (Å²) in [5.74, 6) is 0.875. The minimum atomic E-state index is -0.201. The van der Waals surface area contributed by atoms with E-state index >= 15 is 0 Å². The number of hydrogen-bond donors (Lipinski definition) is 1. The highest BCUT2D eigenvalue weighted by Crippen LogP contribution is 2.43. The highest BCUT2D eigenvalue weighted by atomic mass is 35.5. The number of ether oxygens (including phenoxy) is 2. The maximum atomic E-state index is 11.9. The highest BCUT2D eigenvalue weighted by molar-refractivity contribution is 5.82. The second-order valence-electron chi connectivity index (χ2n) is 7.23. The van der Waals surface area contributed by atoms with E-state index in [2.05, 4.69) is 0 Å². The van der Waals surface area contributed by atoms with Gasteiger partial charge in [-0.15, -0.1) is 0 Å². The van der Waals surface area contributed by atoms with Gasteiger partial charge in [-0.25, -0.2) is 4.79 Å². The van der Waals surface area contributed by atoms with Gasteiger partial charge in [0, 0.05) is 13.0 Å². The average Bonchev–Trinajstić information content (AvgIpc) is 2.46. The first-order chi connectivity index (χ1) is 10.9. The maximum absolute atomic E-state index is 11.9. The minimum absolute atomic E-state index is 0. The van der Waals surface area contributed by atoms with Gasteiger partial charge in [0.2, 0.25) is 0 Å². The van der Waals surface area contributed by atoms with Crippen LogP contribution in [0.1, 0.15) is 45.4 Å². The van der Waals surface area contributed by atoms with Crippen LogP contribution in [-0.4, -0.2) is 45.3 Å². The van der Waals surface area contributed by atoms with Crippen molar-refractivity contribution in [1.82, 2.24) is 0 Å². The van der Waals surface area contributed by atoms with Crippen LogP contribution in [0.3, 0.4) is 0 Å². The zero-order valence-electron chi connectivity index (χ0n) is 15.0. The van der Waals surface area contributed by atoms with Gasteiger partial charge in [0.25, 0.3) is 0 Å². The molecule has 138 valence electrons. The van der Waals surface area contributed by atoms with Crippen LogP contribution in [0.5, 0.6) is 0 Å². The first kappa shape index (κ1) is 21.0. The van der Waals surface area contributed by atoms with Crippen LogP contribution in [0.25, 0.3) is 0 Å². The Morgan fingerprint density at radius 1 is 1.21 bits per heavy atom. The van der Waals surface area contributed by atoms with Gasteiger partial charge >= 0.3 is 11.9 Å². The molecule has 2 saturated carbocycles. The Balaban J connectivity index is 0.00000288. The molecule has 3 atom stereocenters. The van der Waals surface area contributed by atoms with Gasteiger partial charge in [0.1, 0.15) is 19.3 Å². The van der Waals surface area contributed by atoms with Crippen molar-refractivity contribution >= 4 is 11.9 Å². The van der Waals surface area contributed by atoms with Crippen LogP contribution < -0.4 is 17.3 Å². The first-order valence-electron chi connectivity index (χ1n) is 8.76. The van der Waals surface area contributed by atoms with Gasteiger partial charge in [0.05, 0.1) is 14.1 Å². The summed E-state index contributed by atoms with van der Waals surface area (Å²) in [6.45, 7) is 2.79. The second-order valence-corrected chi connectivity index (χ2v) is 7.23. The van der Waals surface area contributed by atoms with Crippen molar-refractivity contribution in [2.45, 2.75) is 51.6 Å². The molecule has 0 bridgehead atoms. The molecule has 0 aromatic heterocycles. The number of allylic oxidation sites excluding steroid dienone is 1. The number of carbonyl (C=O) groups excluding carboxylic acids is 2. The van der Waals surface area contributed by atoms with Gasteiger partial charge in [-0.3, -0.25) is 4.79 Å². The van der Waals surface area contributed by atoms with Crippen LogP contribution in [0, 0.1) is 11.8 Å². The van der Waals surface area contributed by atoms with Gasteiger partial charge in [-0.2, -0.15) is 0 Å². The molecule has 0 heterocycles. The summed E-state index contributed by atoms with van der Waals surface area (Å²) < 4.78 is 10.6. The highest BCUT2D eigenvalue weighted by Gasteiger charge is 2.35. The van der Waals surface area contributed by atoms with E-state index in [0.717, 1.165) is 45.1 Å². The molecule has 2 aliphatic carbocycles. The molecule has 1 N–H and O–H groups in total. The van der Waals surface area contributed by atoms with Crippen LogP contribution in [0.4, 0.5) is 0 Å². The van der Waals surface area contributed by atoms with Crippen molar-refractivity contribution in [3.05, 3.63) is 11.6 Å². The van der Waals surface area contributed by atoms with Crippen molar-refractivity contribution in [1.29, 1.82) is 0 Å². The van der Waals surface area contributed by atoms with Crippen LogP contribution in [0.2, 0.25) is 0 Å². The Labute approximate surface area is 151 Å². The number of hydrogen-bond acceptors (Lipinski definition) is 4. The predicted molar refractivity (Wildman–Crippen MR) is 87.0 cm³/mol. The van der Waals surface area contributed by atoms with Gasteiger partial charge in [0.15, 0.2) is 0 Å². The van der Waals surface area contributed by atoms with Crippen molar-refractivity contribution in [2.24, 2.45) is 11.8 Å². The molecule has 5 nitrogen and oxygen atoms in total. The SMILES string of the molecule is CC(=O)O[C@H]1CCC2C/C(=C/C(=O)OCC[NH+](C)C)CCC2C1.[Cl-]. The molecule has 24 heavy (non-hydrogen) atoms. The molecule has 0 amide bonds. The third-order valence-corrected chi connectivity index (χ3v) is 4.95. The quantitative estimate of drug-likeness (QED) is 0.462. The van der Waals surface area contributed by atoms with Crippen LogP contribution >= 0.6 is 0 Å². The van der Waals surface area contributed by atoms with E-state index in [1.165, 1.54) is 17.4 Å². The van der Waals surface area contributed by atoms with E-state index in [-0.39, 0.29) is 30.4 Å². The molecule has 0 aromatic carbocycles. The summed E-state index contributed by atoms with van der Waals surface area (Å²) >= 11 is 0. The van der Waals surface area contributed by atoms with Crippen molar-refractivity contribution in [3.8, 4) is 0 Å². The summed E-state index contributed by atoms with van der Waals surface area (Å²) in [5.41, 5.74) is 1.22. The van der Waals surface area contributed by atoms with Gasteiger partial charge < -0.3 is 26.8 Å². The minimum Gasteiger partial charge on any atom is -1.00 e. The number of quaternary nitrogens is 1. The number of fused-ring (bicyclic) bond motifs is 1. The lowest BCUT2D eigenvalue weighted by Crippen LogP contribution is -3.06. The lowest BCUT2D eigenvalue weighted by Gasteiger charge is -2.39. The molecule has 2 unspecified atom stereocenters. The van der Waals surface area contributed by atoms with E-state index < -0.39 is 0 Å². The molecule has 2 fully saturated rings. The van der Waals surface area contributed by atoms with Gasteiger partial charge in [-0.05, 0) is 50.4 Å². The van der Waals surface area contributed by atoms with E-state index in [1.807, 2.05) is 14.1 Å². The number of rotatable bonds is 5. The average molecular weight is 360 g/mol. The molecular formula is C18H30ClNO4. The molecular weight excluding hydrogens is 330 g/mol. The standard InChI is InChI=1S/C18H29NO4.ClH/c1-13(20)23-17-7-6-15-10-14(4-5-16(15)12-17)11-18(21)22-9-8-19(2)3;/h11,15-17H,4-10,12H2,1-3H3;1H/b14-11+;/t15?,16?,17-;/m0./s1. The topological polar surface area (TPSA) is 57.0 Å². The molecule has 0 spiro atoms. The zero-order chi connectivity index (χ0) is 16.8. The van der Waals surface area contributed by atoms with Crippen molar-refractivity contribution in [3.63, 3.8) is 0 Å². The molecule has 0 radical (unpaired) electrons. The monoisotopic (exact) mass is 359 g/mol. The Bertz CT molecular complexity index is 464. The zero-order valence-corrected chi connectivity index (χ0v) is 15.7. The van der Waals surface area contributed by atoms with Gasteiger partial charge in [-0.1, -0.05) is 5.57 Å². The number of likely N-dealkylation sites (N-methyl/N-ethyl adjacent to an activating group) is 1. The molecule has 0 saturated heterocycles. The second kappa shape index (κ2) is 10.0. The fourth-order valence-electron chi connectivity index (χ4n) is 3.75. The largest absolute Gasteiger partial charge is 1.00 e. The Morgan fingerprint density at radius 2 is 1.96 bits per heavy atom. The summed E-state index contributed by atoms with van der Waals surface area (Å²) in [6.07, 6.45) is 7.85. The Hall–Kier alpha value is -1.07. The third kappa shape index (κ3) is 6.81. The fourth-order valence-corrected chi connectivity index (χ4v) is 3.75. The first-order valence-corrected chi connectivity index (χ1v) is 8.76. The number of esters is 2. The lowest BCUT2D eigenvalue weighted by atomic mass is 9.68. The van der Waals surface area contributed by atoms with E-state index in [0.29, 0.717) is 18.4 Å². The summed E-state index contributed by atoms with van der Waals surface area (Å²) in [7, 11) is 4.08. The maximum Gasteiger partial charge on any atom is 0.330 e. The van der Waals surface area contributed by atoms with E-state index in [1.54, 1.807) is 6.08 Å². The van der Waals surface area contributed by atoms with E-state index in [9.17, 15) is 9.59 Å². The van der Waals surface area contributed by atoms with E-state index in [4.69, 9.17) is 9.47 Å². The molecule has 6 heteroatoms. The fraction of sp³-hybridized carbons (Fsp3) is 0.778. The third-order valence-electron chi connectivity index (χ3n) is 4.95. The molecule has 0 aliphatic heterocycles. The Morgan fingerprint density at radius 3 is 2.62 bits per heavy atom. The summed E-state index contributed by atoms with van der Waals surface area (Å²) in [4.78, 5) is 24.2. The normalized spacial score (nSPS) is 28.0. The Kier molecular flexibility index (Phi) is 8.78. The number of halogens is 1. The van der Waals surface area contributed by atoms with Crippen LogP contribution in [-0.2, 0) is 19.1 Å². The molecule has 0 aromatic rings. The summed E-state index contributed by atoms with van der Waals surface area (Å²) in [6, 6.07) is 0. The number of carbonyl (C=O) groups is 2. The molecule has 2 rings (SSSR count).